The topological polar surface area (TPSA) is 83.1 Å². The Kier molecular flexibility index (Phi) is 5.81. The van der Waals surface area contributed by atoms with Crippen LogP contribution >= 0.6 is 0 Å². The third-order valence-electron chi connectivity index (χ3n) is 4.43. The van der Waals surface area contributed by atoms with Gasteiger partial charge in [-0.15, -0.1) is 0 Å². The van der Waals surface area contributed by atoms with Crippen LogP contribution in [0.25, 0.3) is 0 Å². The number of nitrogens with one attached hydrogen (secondary N) is 3. The van der Waals surface area contributed by atoms with Crippen molar-refractivity contribution in [2.24, 2.45) is 5.92 Å². The molecule has 6 nitrogen and oxygen atoms in total. The third-order valence-corrected chi connectivity index (χ3v) is 4.43. The number of hydrogen-bond acceptors (Lipinski definition) is 4. The predicted molar refractivity (Wildman–Crippen MR) is 97.9 cm³/mol. The van der Waals surface area contributed by atoms with Gasteiger partial charge >= 0.3 is 6.18 Å². The molecule has 0 radical (unpaired) electrons. The molecular weight excluding hydrogens is 373 g/mol. The summed E-state index contributed by atoms with van der Waals surface area (Å²) in [6, 6.07) is 7.39. The van der Waals surface area contributed by atoms with E-state index in [2.05, 4.69) is 20.9 Å². The van der Waals surface area contributed by atoms with Gasteiger partial charge in [-0.3, -0.25) is 9.59 Å². The summed E-state index contributed by atoms with van der Waals surface area (Å²) in [7, 11) is 0. The Labute approximate surface area is 159 Å². The number of anilines is 2. The Morgan fingerprint density at radius 1 is 1.21 bits per heavy atom. The van der Waals surface area contributed by atoms with Crippen LogP contribution < -0.4 is 16.0 Å². The first kappa shape index (κ1) is 19.7. The molecule has 3 N–H and O–H groups in total. The minimum absolute atomic E-state index is 0.000610. The molecule has 3 rings (SSSR count). The fourth-order valence-corrected chi connectivity index (χ4v) is 2.94. The number of pyridine rings is 1. The minimum atomic E-state index is -4.43. The zero-order chi connectivity index (χ0) is 20.1. The van der Waals surface area contributed by atoms with Crippen LogP contribution in [0.4, 0.5) is 24.7 Å². The molecule has 28 heavy (non-hydrogen) atoms. The van der Waals surface area contributed by atoms with E-state index in [1.165, 1.54) is 18.3 Å². The number of benzene rings is 1. The number of hydrogen-bond donors (Lipinski definition) is 3. The van der Waals surface area contributed by atoms with E-state index in [1.54, 1.807) is 12.1 Å². The lowest BCUT2D eigenvalue weighted by atomic mass is 9.97. The third kappa shape index (κ3) is 4.99. The van der Waals surface area contributed by atoms with Crippen LogP contribution in [0.1, 0.15) is 28.8 Å². The fraction of sp³-hybridized carbons (Fsp3) is 0.316. The highest BCUT2D eigenvalue weighted by molar-refractivity contribution is 6.07. The Bertz CT molecular complexity index is 853. The van der Waals surface area contributed by atoms with E-state index >= 15 is 0 Å². The lowest BCUT2D eigenvalue weighted by Gasteiger charge is -2.22. The summed E-state index contributed by atoms with van der Waals surface area (Å²) in [4.78, 5) is 28.2. The van der Waals surface area contributed by atoms with Gasteiger partial charge in [0, 0.05) is 31.4 Å². The lowest BCUT2D eigenvalue weighted by Crippen LogP contribution is -2.36. The Hall–Kier alpha value is -3.10. The summed E-state index contributed by atoms with van der Waals surface area (Å²) >= 11 is 0. The van der Waals surface area contributed by atoms with Gasteiger partial charge in [-0.05, 0) is 48.7 Å². The van der Waals surface area contributed by atoms with Crippen molar-refractivity contribution in [2.45, 2.75) is 19.0 Å². The van der Waals surface area contributed by atoms with Gasteiger partial charge in [0.15, 0.2) is 0 Å². The molecule has 1 fully saturated rings. The van der Waals surface area contributed by atoms with Crippen LogP contribution in [-0.2, 0) is 11.0 Å². The second kappa shape index (κ2) is 8.28. The van der Waals surface area contributed by atoms with E-state index in [0.717, 1.165) is 18.6 Å². The predicted octanol–water partition coefficient (Wildman–Crippen LogP) is 3.29. The molecule has 1 aliphatic rings. The molecule has 2 heterocycles. The second-order valence-corrected chi connectivity index (χ2v) is 6.52. The number of amides is 2. The van der Waals surface area contributed by atoms with Gasteiger partial charge in [0.05, 0.1) is 11.1 Å². The molecule has 1 aromatic heterocycles. The van der Waals surface area contributed by atoms with Crippen molar-refractivity contribution < 1.29 is 22.8 Å². The molecule has 0 saturated carbocycles. The average Bonchev–Trinajstić information content (AvgIpc) is 2.66. The van der Waals surface area contributed by atoms with Crippen molar-refractivity contribution in [3.8, 4) is 0 Å². The van der Waals surface area contributed by atoms with Gasteiger partial charge in [0.2, 0.25) is 5.91 Å². The quantitative estimate of drug-likeness (QED) is 0.729. The Morgan fingerprint density at radius 2 is 1.96 bits per heavy atom. The number of halogens is 3. The largest absolute Gasteiger partial charge is 0.416 e. The smallest absolute Gasteiger partial charge is 0.369 e. The highest BCUT2D eigenvalue weighted by atomic mass is 19.4. The van der Waals surface area contributed by atoms with Gasteiger partial charge < -0.3 is 16.0 Å². The molecule has 1 atom stereocenters. The summed E-state index contributed by atoms with van der Waals surface area (Å²) in [6.07, 6.45) is -1.66. The summed E-state index contributed by atoms with van der Waals surface area (Å²) in [5.41, 5.74) is -0.273. The molecule has 9 heteroatoms. The highest BCUT2D eigenvalue weighted by Gasteiger charge is 2.30. The lowest BCUT2D eigenvalue weighted by molar-refractivity contribution is -0.137. The van der Waals surface area contributed by atoms with E-state index in [-0.39, 0.29) is 23.1 Å². The Morgan fingerprint density at radius 3 is 2.64 bits per heavy atom. The van der Waals surface area contributed by atoms with Crippen LogP contribution in [0, 0.1) is 5.92 Å². The highest BCUT2D eigenvalue weighted by Crippen LogP contribution is 2.30. The molecule has 1 saturated heterocycles. The first-order valence-corrected chi connectivity index (χ1v) is 8.77. The van der Waals surface area contributed by atoms with Crippen molar-refractivity contribution in [3.05, 3.63) is 53.7 Å². The van der Waals surface area contributed by atoms with Gasteiger partial charge in [-0.25, -0.2) is 4.98 Å². The molecule has 0 spiro atoms. The monoisotopic (exact) mass is 392 g/mol. The first-order chi connectivity index (χ1) is 13.3. The first-order valence-electron chi connectivity index (χ1n) is 8.77. The van der Waals surface area contributed by atoms with Crippen molar-refractivity contribution in [3.63, 3.8) is 0 Å². The molecule has 2 amide bonds. The summed E-state index contributed by atoms with van der Waals surface area (Å²) in [5.74, 6) is 0.00978. The average molecular weight is 392 g/mol. The molecule has 1 unspecified atom stereocenters. The van der Waals surface area contributed by atoms with Crippen molar-refractivity contribution in [1.82, 2.24) is 10.3 Å². The van der Waals surface area contributed by atoms with Crippen molar-refractivity contribution >= 4 is 23.3 Å². The second-order valence-electron chi connectivity index (χ2n) is 6.52. The van der Waals surface area contributed by atoms with E-state index in [1.807, 2.05) is 0 Å². The zero-order valence-electron chi connectivity index (χ0n) is 14.8. The molecular formula is C19H19F3N4O2. The van der Waals surface area contributed by atoms with Gasteiger partial charge in [0.1, 0.15) is 5.82 Å². The number of aromatic nitrogens is 1. The maximum Gasteiger partial charge on any atom is 0.416 e. The number of carbonyl (C=O) groups excluding carboxylic acids is 2. The number of carbonyl (C=O) groups is 2. The van der Waals surface area contributed by atoms with E-state index in [9.17, 15) is 22.8 Å². The van der Waals surface area contributed by atoms with Crippen LogP contribution in [0.15, 0.2) is 42.6 Å². The maximum absolute atomic E-state index is 12.6. The molecule has 148 valence electrons. The zero-order valence-corrected chi connectivity index (χ0v) is 14.8. The van der Waals surface area contributed by atoms with Crippen LogP contribution in [0.2, 0.25) is 0 Å². The summed E-state index contributed by atoms with van der Waals surface area (Å²) in [5, 5.41) is 8.43. The molecule has 0 aliphatic carbocycles. The van der Waals surface area contributed by atoms with Gasteiger partial charge in [-0.2, -0.15) is 13.2 Å². The van der Waals surface area contributed by atoms with Gasteiger partial charge in [-0.1, -0.05) is 0 Å². The number of alkyl halides is 3. The standard InChI is InChI=1S/C19H19F3N4O2/c20-19(21,22)13-3-5-14(6-4-13)26-18(28)15-2-1-8-24-17(15)25-11-12-7-9-23-16(27)10-12/h1-6,8,12H,7,9-11H2,(H,23,27)(H,24,25)(H,26,28). The summed E-state index contributed by atoms with van der Waals surface area (Å²) in [6.45, 7) is 1.11. The van der Waals surface area contributed by atoms with E-state index in [0.29, 0.717) is 25.3 Å². The van der Waals surface area contributed by atoms with Gasteiger partial charge in [0.25, 0.3) is 5.91 Å². The van der Waals surface area contributed by atoms with E-state index in [4.69, 9.17) is 0 Å². The number of nitrogens with zero attached hydrogens (tertiary/aromatic N) is 1. The van der Waals surface area contributed by atoms with Crippen molar-refractivity contribution in [2.75, 3.05) is 23.7 Å². The molecule has 1 aromatic carbocycles. The molecule has 1 aliphatic heterocycles. The molecule has 0 bridgehead atoms. The van der Waals surface area contributed by atoms with Crippen LogP contribution in [-0.4, -0.2) is 29.9 Å². The minimum Gasteiger partial charge on any atom is -0.369 e. The number of rotatable bonds is 5. The SMILES string of the molecule is O=C1CC(CNc2ncccc2C(=O)Nc2ccc(C(F)(F)F)cc2)CCN1. The van der Waals surface area contributed by atoms with Crippen molar-refractivity contribution in [1.29, 1.82) is 0 Å². The normalized spacial score (nSPS) is 17.0. The molecule has 2 aromatic rings. The van der Waals surface area contributed by atoms with Crippen LogP contribution in [0.5, 0.6) is 0 Å². The number of piperidine rings is 1. The summed E-state index contributed by atoms with van der Waals surface area (Å²) < 4.78 is 37.9. The van der Waals surface area contributed by atoms with Crippen LogP contribution in [0.3, 0.4) is 0 Å². The maximum atomic E-state index is 12.6. The van der Waals surface area contributed by atoms with E-state index < -0.39 is 17.6 Å². The Balaban J connectivity index is 1.66. The fourth-order valence-electron chi connectivity index (χ4n) is 2.94.